The van der Waals surface area contributed by atoms with Gasteiger partial charge in [-0.2, -0.15) is 0 Å². The van der Waals surface area contributed by atoms with Crippen molar-refractivity contribution >= 4 is 17.5 Å². The first-order valence-corrected chi connectivity index (χ1v) is 6.40. The monoisotopic (exact) mass is 269 g/mol. The normalized spacial score (nSPS) is 14.3. The molecule has 1 aliphatic rings. The van der Waals surface area contributed by atoms with Crippen LogP contribution in [0.4, 0.5) is 0 Å². The first-order valence-electron chi connectivity index (χ1n) is 5.87. The number of halogens is 1. The van der Waals surface area contributed by atoms with Crippen molar-refractivity contribution in [2.24, 2.45) is 0 Å². The molecule has 1 N–H and O–H groups in total. The third-order valence-corrected chi connectivity index (χ3v) is 3.25. The van der Waals surface area contributed by atoms with Crippen LogP contribution in [0.15, 0.2) is 18.2 Å². The zero-order valence-electron chi connectivity index (χ0n) is 10.2. The second kappa shape index (κ2) is 5.48. The number of rotatable bonds is 5. The number of alkyl halides is 1. The van der Waals surface area contributed by atoms with Crippen LogP contribution in [0.5, 0.6) is 11.5 Å². The molecule has 2 rings (SSSR count). The molecule has 0 heterocycles. The minimum Gasteiger partial charge on any atom is -0.504 e. The maximum atomic E-state index is 11.7. The fourth-order valence-electron chi connectivity index (χ4n) is 1.90. The lowest BCUT2D eigenvalue weighted by Gasteiger charge is -2.21. The SMILES string of the molecule is COc1cc(CN(C(=O)CCl)C2CC2)ccc1O. The lowest BCUT2D eigenvalue weighted by Crippen LogP contribution is -2.33. The van der Waals surface area contributed by atoms with Crippen LogP contribution in [-0.4, -0.2) is 34.9 Å². The maximum absolute atomic E-state index is 11.7. The van der Waals surface area contributed by atoms with Crippen molar-refractivity contribution in [2.45, 2.75) is 25.4 Å². The summed E-state index contributed by atoms with van der Waals surface area (Å²) in [5.41, 5.74) is 0.926. The van der Waals surface area contributed by atoms with Gasteiger partial charge in [-0.3, -0.25) is 4.79 Å². The van der Waals surface area contributed by atoms with Gasteiger partial charge < -0.3 is 14.7 Å². The molecule has 1 aliphatic carbocycles. The molecule has 1 amide bonds. The van der Waals surface area contributed by atoms with Crippen molar-refractivity contribution < 1.29 is 14.6 Å². The summed E-state index contributed by atoms with van der Waals surface area (Å²) in [5, 5.41) is 9.52. The average Bonchev–Trinajstić information content (AvgIpc) is 3.21. The van der Waals surface area contributed by atoms with Crippen LogP contribution in [-0.2, 0) is 11.3 Å². The number of nitrogens with zero attached hydrogens (tertiary/aromatic N) is 1. The van der Waals surface area contributed by atoms with Gasteiger partial charge in [0.15, 0.2) is 11.5 Å². The Balaban J connectivity index is 2.13. The molecule has 0 spiro atoms. The van der Waals surface area contributed by atoms with Gasteiger partial charge in [0.05, 0.1) is 7.11 Å². The molecule has 1 aromatic rings. The van der Waals surface area contributed by atoms with Crippen LogP contribution >= 0.6 is 11.6 Å². The molecular formula is C13H16ClNO3. The molecule has 1 aromatic carbocycles. The minimum absolute atomic E-state index is 0.00567. The van der Waals surface area contributed by atoms with E-state index >= 15 is 0 Å². The summed E-state index contributed by atoms with van der Waals surface area (Å²) in [6.45, 7) is 0.507. The van der Waals surface area contributed by atoms with Crippen LogP contribution in [0.25, 0.3) is 0 Å². The number of ether oxygens (including phenoxy) is 1. The molecule has 0 atom stereocenters. The van der Waals surface area contributed by atoms with E-state index in [9.17, 15) is 9.90 Å². The molecule has 0 bridgehead atoms. The fourth-order valence-corrected chi connectivity index (χ4v) is 2.05. The van der Waals surface area contributed by atoms with Gasteiger partial charge in [0.1, 0.15) is 5.88 Å². The molecule has 0 radical (unpaired) electrons. The van der Waals surface area contributed by atoms with E-state index in [0.29, 0.717) is 18.3 Å². The van der Waals surface area contributed by atoms with Crippen LogP contribution in [0.1, 0.15) is 18.4 Å². The topological polar surface area (TPSA) is 49.8 Å². The van der Waals surface area contributed by atoms with Crippen LogP contribution < -0.4 is 4.74 Å². The summed E-state index contributed by atoms with van der Waals surface area (Å²) in [5.74, 6) is 0.474. The average molecular weight is 270 g/mol. The summed E-state index contributed by atoms with van der Waals surface area (Å²) in [6.07, 6.45) is 2.08. The molecule has 4 nitrogen and oxygen atoms in total. The number of phenolic OH excluding ortho intramolecular Hbond substituents is 1. The van der Waals surface area contributed by atoms with Gasteiger partial charge in [-0.15, -0.1) is 11.6 Å². The molecule has 1 saturated carbocycles. The predicted octanol–water partition coefficient (Wildman–Crippen LogP) is 2.13. The van der Waals surface area contributed by atoms with Gasteiger partial charge in [-0.25, -0.2) is 0 Å². The quantitative estimate of drug-likeness (QED) is 0.833. The Morgan fingerprint density at radius 3 is 2.83 bits per heavy atom. The zero-order valence-corrected chi connectivity index (χ0v) is 11.0. The first kappa shape index (κ1) is 13.0. The van der Waals surface area contributed by atoms with Gasteiger partial charge in [-0.05, 0) is 30.5 Å². The smallest absolute Gasteiger partial charge is 0.238 e. The van der Waals surface area contributed by atoms with Crippen molar-refractivity contribution in [3.05, 3.63) is 23.8 Å². The Kier molecular flexibility index (Phi) is 3.97. The van der Waals surface area contributed by atoms with Crippen LogP contribution in [0.3, 0.4) is 0 Å². The molecule has 0 aliphatic heterocycles. The van der Waals surface area contributed by atoms with E-state index < -0.39 is 0 Å². The molecular weight excluding hydrogens is 254 g/mol. The van der Waals surface area contributed by atoms with Gasteiger partial charge >= 0.3 is 0 Å². The minimum atomic E-state index is -0.0498. The predicted molar refractivity (Wildman–Crippen MR) is 69.0 cm³/mol. The van der Waals surface area contributed by atoms with Crippen molar-refractivity contribution in [3.63, 3.8) is 0 Å². The molecule has 18 heavy (non-hydrogen) atoms. The van der Waals surface area contributed by atoms with E-state index in [2.05, 4.69) is 0 Å². The lowest BCUT2D eigenvalue weighted by molar-refractivity contribution is -0.129. The Morgan fingerprint density at radius 2 is 2.28 bits per heavy atom. The second-order valence-corrected chi connectivity index (χ2v) is 4.66. The van der Waals surface area contributed by atoms with E-state index in [1.54, 1.807) is 23.1 Å². The van der Waals surface area contributed by atoms with E-state index in [4.69, 9.17) is 16.3 Å². The number of benzene rings is 1. The second-order valence-electron chi connectivity index (χ2n) is 4.39. The summed E-state index contributed by atoms with van der Waals surface area (Å²) < 4.78 is 5.05. The largest absolute Gasteiger partial charge is 0.504 e. The number of amides is 1. The first-order chi connectivity index (χ1) is 8.65. The lowest BCUT2D eigenvalue weighted by atomic mass is 10.2. The molecule has 1 fully saturated rings. The Hall–Kier alpha value is -1.42. The summed E-state index contributed by atoms with van der Waals surface area (Å²) in [6, 6.07) is 5.42. The molecule has 5 heteroatoms. The molecule has 98 valence electrons. The number of phenols is 1. The summed E-state index contributed by atoms with van der Waals surface area (Å²) in [4.78, 5) is 13.5. The highest BCUT2D eigenvalue weighted by molar-refractivity contribution is 6.27. The molecule has 0 aromatic heterocycles. The van der Waals surface area contributed by atoms with Crippen LogP contribution in [0, 0.1) is 0 Å². The third-order valence-electron chi connectivity index (χ3n) is 3.02. The van der Waals surface area contributed by atoms with Crippen molar-refractivity contribution in [1.29, 1.82) is 0 Å². The Bertz CT molecular complexity index is 446. The van der Waals surface area contributed by atoms with E-state index in [0.717, 1.165) is 18.4 Å². The van der Waals surface area contributed by atoms with Gasteiger partial charge in [0.25, 0.3) is 0 Å². The van der Waals surface area contributed by atoms with Gasteiger partial charge in [0, 0.05) is 12.6 Å². The molecule has 0 saturated heterocycles. The standard InChI is InChI=1S/C13H16ClNO3/c1-18-12-6-9(2-5-11(12)16)8-15(10-3-4-10)13(17)7-14/h2,5-6,10,16H,3-4,7-8H2,1H3. The van der Waals surface area contributed by atoms with Gasteiger partial charge in [-0.1, -0.05) is 6.07 Å². The highest BCUT2D eigenvalue weighted by Crippen LogP contribution is 2.31. The molecule has 0 unspecified atom stereocenters. The number of carbonyl (C=O) groups excluding carboxylic acids is 1. The number of carbonyl (C=O) groups is 1. The zero-order chi connectivity index (χ0) is 13.1. The van der Waals surface area contributed by atoms with Crippen molar-refractivity contribution in [2.75, 3.05) is 13.0 Å². The number of hydrogen-bond acceptors (Lipinski definition) is 3. The van der Waals surface area contributed by atoms with E-state index in [-0.39, 0.29) is 17.5 Å². The van der Waals surface area contributed by atoms with Crippen molar-refractivity contribution in [3.8, 4) is 11.5 Å². The van der Waals surface area contributed by atoms with E-state index in [1.807, 2.05) is 0 Å². The Labute approximate surface area is 111 Å². The number of hydrogen-bond donors (Lipinski definition) is 1. The highest BCUT2D eigenvalue weighted by Gasteiger charge is 2.32. The summed E-state index contributed by atoms with van der Waals surface area (Å²) >= 11 is 5.61. The van der Waals surface area contributed by atoms with Crippen molar-refractivity contribution in [1.82, 2.24) is 4.90 Å². The summed E-state index contributed by atoms with van der Waals surface area (Å²) in [7, 11) is 1.50. The van der Waals surface area contributed by atoms with Gasteiger partial charge in [0.2, 0.25) is 5.91 Å². The van der Waals surface area contributed by atoms with E-state index in [1.165, 1.54) is 7.11 Å². The maximum Gasteiger partial charge on any atom is 0.238 e. The Morgan fingerprint density at radius 1 is 1.56 bits per heavy atom. The third kappa shape index (κ3) is 2.88. The highest BCUT2D eigenvalue weighted by atomic mass is 35.5. The number of aromatic hydroxyl groups is 1. The number of methoxy groups -OCH3 is 1. The fraction of sp³-hybridized carbons (Fsp3) is 0.462. The van der Waals surface area contributed by atoms with Crippen LogP contribution in [0.2, 0.25) is 0 Å².